The van der Waals surface area contributed by atoms with E-state index in [2.05, 4.69) is 37.5 Å². The summed E-state index contributed by atoms with van der Waals surface area (Å²) in [5, 5.41) is 13.6. The number of para-hydroxylation sites is 1. The van der Waals surface area contributed by atoms with E-state index < -0.39 is 6.04 Å². The lowest BCUT2D eigenvalue weighted by atomic mass is 10.0. The van der Waals surface area contributed by atoms with Gasteiger partial charge in [0.2, 0.25) is 0 Å². The molecular weight excluding hydrogens is 492 g/mol. The molecule has 2 heterocycles. The van der Waals surface area contributed by atoms with Gasteiger partial charge in [0.15, 0.2) is 5.82 Å². The van der Waals surface area contributed by atoms with Gasteiger partial charge in [-0.25, -0.2) is 4.68 Å². The lowest BCUT2D eigenvalue weighted by Crippen LogP contribution is -2.35. The molecule has 0 bridgehead atoms. The van der Waals surface area contributed by atoms with Crippen LogP contribution in [0.15, 0.2) is 83.7 Å². The summed E-state index contributed by atoms with van der Waals surface area (Å²) in [7, 11) is 3.30. The predicted octanol–water partition coefficient (Wildman–Crippen LogP) is 4.27. The van der Waals surface area contributed by atoms with Crippen molar-refractivity contribution in [3.63, 3.8) is 0 Å². The largest absolute Gasteiger partial charge is 0.497 e. The van der Waals surface area contributed by atoms with Crippen LogP contribution >= 0.6 is 0 Å². The summed E-state index contributed by atoms with van der Waals surface area (Å²) >= 11 is 0. The first kappa shape index (κ1) is 26.3. The molecule has 5 aromatic rings. The van der Waals surface area contributed by atoms with Gasteiger partial charge in [0.25, 0.3) is 5.56 Å². The summed E-state index contributed by atoms with van der Waals surface area (Å²) in [5.41, 5.74) is 4.42. The third-order valence-corrected chi connectivity index (χ3v) is 6.86. The van der Waals surface area contributed by atoms with E-state index >= 15 is 0 Å². The van der Waals surface area contributed by atoms with E-state index in [1.54, 1.807) is 18.9 Å². The van der Waals surface area contributed by atoms with E-state index in [4.69, 9.17) is 9.47 Å². The highest BCUT2D eigenvalue weighted by atomic mass is 16.5. The van der Waals surface area contributed by atoms with Gasteiger partial charge in [0.1, 0.15) is 11.8 Å². The second kappa shape index (κ2) is 12.0. The molecule has 1 atom stereocenters. The van der Waals surface area contributed by atoms with Crippen LogP contribution in [0, 0.1) is 6.92 Å². The number of methoxy groups -OCH3 is 2. The highest BCUT2D eigenvalue weighted by Crippen LogP contribution is 2.30. The first-order valence-corrected chi connectivity index (χ1v) is 12.9. The third-order valence-electron chi connectivity index (χ3n) is 6.86. The van der Waals surface area contributed by atoms with E-state index in [9.17, 15) is 4.79 Å². The van der Waals surface area contributed by atoms with E-state index in [1.165, 1.54) is 0 Å². The van der Waals surface area contributed by atoms with Crippen LogP contribution in [-0.2, 0) is 24.4 Å². The molecule has 0 saturated heterocycles. The maximum absolute atomic E-state index is 13.7. The summed E-state index contributed by atoms with van der Waals surface area (Å²) in [4.78, 5) is 19.1. The van der Waals surface area contributed by atoms with Crippen molar-refractivity contribution >= 4 is 10.9 Å². The molecular formula is C30H32N6O3. The molecule has 1 N–H and O–H groups in total. The molecule has 9 heteroatoms. The molecule has 5 rings (SSSR count). The first-order valence-electron chi connectivity index (χ1n) is 12.9. The van der Waals surface area contributed by atoms with Crippen molar-refractivity contribution in [1.29, 1.82) is 0 Å². The molecule has 200 valence electrons. The van der Waals surface area contributed by atoms with Gasteiger partial charge in [0.05, 0.1) is 25.8 Å². The number of hydrogen-bond donors (Lipinski definition) is 1. The number of nitrogens with zero attached hydrogens (tertiary/aromatic N) is 5. The number of aromatic amines is 1. The van der Waals surface area contributed by atoms with Crippen molar-refractivity contribution in [3.8, 4) is 5.75 Å². The Morgan fingerprint density at radius 2 is 1.69 bits per heavy atom. The number of ether oxygens (including phenoxy) is 2. The molecule has 0 saturated carbocycles. The molecule has 1 unspecified atom stereocenters. The lowest BCUT2D eigenvalue weighted by Gasteiger charge is -2.31. The fraction of sp³-hybridized carbons (Fsp3) is 0.267. The van der Waals surface area contributed by atoms with Crippen LogP contribution in [0.5, 0.6) is 5.75 Å². The van der Waals surface area contributed by atoms with Crippen molar-refractivity contribution < 1.29 is 9.47 Å². The maximum atomic E-state index is 13.7. The SMILES string of the molecule is COCCn1nnnc1C(c1cc2cccc(C)c2[nH]c1=O)N(Cc1ccccc1)Cc1ccc(OC)cc1. The topological polar surface area (TPSA) is 98.2 Å². The highest BCUT2D eigenvalue weighted by molar-refractivity contribution is 5.82. The summed E-state index contributed by atoms with van der Waals surface area (Å²) < 4.78 is 12.4. The molecule has 0 spiro atoms. The molecule has 39 heavy (non-hydrogen) atoms. The second-order valence-electron chi connectivity index (χ2n) is 9.49. The van der Waals surface area contributed by atoms with Crippen LogP contribution in [0.2, 0.25) is 0 Å². The van der Waals surface area contributed by atoms with Crippen molar-refractivity contribution in [1.82, 2.24) is 30.1 Å². The molecule has 0 amide bonds. The second-order valence-corrected chi connectivity index (χ2v) is 9.49. The van der Waals surface area contributed by atoms with Crippen LogP contribution in [0.1, 0.15) is 34.1 Å². The smallest absolute Gasteiger partial charge is 0.253 e. The van der Waals surface area contributed by atoms with E-state index in [-0.39, 0.29) is 5.56 Å². The number of aromatic nitrogens is 5. The number of pyridine rings is 1. The van der Waals surface area contributed by atoms with Gasteiger partial charge >= 0.3 is 0 Å². The minimum atomic E-state index is -0.534. The first-order chi connectivity index (χ1) is 19.1. The summed E-state index contributed by atoms with van der Waals surface area (Å²) in [6, 6.07) is 25.6. The van der Waals surface area contributed by atoms with Crippen LogP contribution in [0.4, 0.5) is 0 Å². The Bertz CT molecular complexity index is 1580. The van der Waals surface area contributed by atoms with Gasteiger partial charge in [-0.3, -0.25) is 9.69 Å². The zero-order valence-electron chi connectivity index (χ0n) is 22.4. The van der Waals surface area contributed by atoms with Crippen LogP contribution in [0.25, 0.3) is 10.9 Å². The monoisotopic (exact) mass is 524 g/mol. The standard InChI is InChI=1S/C30H32N6O3/c1-21-8-7-11-24-18-26(30(37)31-27(21)24)28(29-32-33-34-36(29)16-17-38-2)35(19-22-9-5-4-6-10-22)20-23-12-14-25(39-3)15-13-23/h4-15,18,28H,16-17,19-20H2,1-3H3,(H,31,37). The number of rotatable bonds is 11. The number of nitrogens with one attached hydrogen (secondary N) is 1. The van der Waals surface area contributed by atoms with Crippen LogP contribution in [0.3, 0.4) is 0 Å². The molecule has 0 aliphatic carbocycles. The number of fused-ring (bicyclic) bond motifs is 1. The number of benzene rings is 3. The Balaban J connectivity index is 1.68. The zero-order chi connectivity index (χ0) is 27.2. The number of tetrazole rings is 1. The molecule has 9 nitrogen and oxygen atoms in total. The Morgan fingerprint density at radius 1 is 0.949 bits per heavy atom. The van der Waals surface area contributed by atoms with Gasteiger partial charge in [-0.15, -0.1) is 5.10 Å². The normalized spacial score (nSPS) is 12.2. The maximum Gasteiger partial charge on any atom is 0.253 e. The molecule has 3 aromatic carbocycles. The fourth-order valence-electron chi connectivity index (χ4n) is 4.87. The Morgan fingerprint density at radius 3 is 2.41 bits per heavy atom. The van der Waals surface area contributed by atoms with Crippen LogP contribution < -0.4 is 10.3 Å². The minimum absolute atomic E-state index is 0.170. The third kappa shape index (κ3) is 5.89. The van der Waals surface area contributed by atoms with E-state index in [0.29, 0.717) is 37.6 Å². The summed E-state index contributed by atoms with van der Waals surface area (Å²) in [6.07, 6.45) is 0. The van der Waals surface area contributed by atoms with Gasteiger partial charge < -0.3 is 14.5 Å². The summed E-state index contributed by atoms with van der Waals surface area (Å²) in [6.45, 7) is 4.01. The van der Waals surface area contributed by atoms with Crippen molar-refractivity contribution in [2.45, 2.75) is 32.6 Å². The lowest BCUT2D eigenvalue weighted by molar-refractivity contribution is 0.169. The van der Waals surface area contributed by atoms with Crippen molar-refractivity contribution in [2.24, 2.45) is 0 Å². The van der Waals surface area contributed by atoms with E-state index in [0.717, 1.165) is 33.3 Å². The molecule has 0 radical (unpaired) electrons. The number of H-pyrrole nitrogens is 1. The average molecular weight is 525 g/mol. The van der Waals surface area contributed by atoms with Gasteiger partial charge in [-0.2, -0.15) is 0 Å². The van der Waals surface area contributed by atoms with Gasteiger partial charge in [-0.1, -0.05) is 60.7 Å². The molecule has 2 aromatic heterocycles. The van der Waals surface area contributed by atoms with Crippen LogP contribution in [-0.4, -0.2) is 50.9 Å². The molecule has 0 fully saturated rings. The van der Waals surface area contributed by atoms with Crippen molar-refractivity contribution in [3.05, 3.63) is 117 Å². The number of aryl methyl sites for hydroxylation is 1. The quantitative estimate of drug-likeness (QED) is 0.276. The minimum Gasteiger partial charge on any atom is -0.497 e. The average Bonchev–Trinajstić information content (AvgIpc) is 3.42. The molecule has 0 aliphatic rings. The van der Waals surface area contributed by atoms with E-state index in [1.807, 2.05) is 73.7 Å². The van der Waals surface area contributed by atoms with Gasteiger partial charge in [0, 0.05) is 25.8 Å². The zero-order valence-corrected chi connectivity index (χ0v) is 22.4. The summed E-state index contributed by atoms with van der Waals surface area (Å²) in [5.74, 6) is 1.36. The van der Waals surface area contributed by atoms with Gasteiger partial charge in [-0.05, 0) is 57.6 Å². The van der Waals surface area contributed by atoms with Crippen molar-refractivity contribution in [2.75, 3.05) is 20.8 Å². The Labute approximate surface area is 227 Å². The Hall–Kier alpha value is -4.34. The highest BCUT2D eigenvalue weighted by Gasteiger charge is 2.31. The molecule has 0 aliphatic heterocycles. The fourth-order valence-corrected chi connectivity index (χ4v) is 4.87. The Kier molecular flexibility index (Phi) is 8.10. The predicted molar refractivity (Wildman–Crippen MR) is 150 cm³/mol. The number of hydrogen-bond acceptors (Lipinski definition) is 7.